The molecule has 0 aliphatic carbocycles. The minimum Gasteiger partial charge on any atom is -0.337 e. The summed E-state index contributed by atoms with van der Waals surface area (Å²) < 4.78 is 27.1. The van der Waals surface area contributed by atoms with Gasteiger partial charge in [0, 0.05) is 49.3 Å². The van der Waals surface area contributed by atoms with Crippen LogP contribution in [0.2, 0.25) is 0 Å². The van der Waals surface area contributed by atoms with Crippen molar-refractivity contribution in [3.05, 3.63) is 62.3 Å². The number of sulfonamides is 1. The fraction of sp³-hybridized carbons (Fsp3) is 0.278. The monoisotopic (exact) mass is 421 g/mol. The van der Waals surface area contributed by atoms with Gasteiger partial charge in [0.15, 0.2) is 0 Å². The van der Waals surface area contributed by atoms with Crippen molar-refractivity contribution in [3.8, 4) is 0 Å². The number of amides is 1. The Kier molecular flexibility index (Phi) is 5.92. The fourth-order valence-electron chi connectivity index (χ4n) is 2.91. The zero-order valence-electron chi connectivity index (χ0n) is 15.1. The first kappa shape index (κ1) is 20.2. The van der Waals surface area contributed by atoms with Crippen LogP contribution < -0.4 is 0 Å². The van der Waals surface area contributed by atoms with Gasteiger partial charge in [0.05, 0.1) is 9.82 Å². The fourth-order valence-corrected chi connectivity index (χ4v) is 5.20. The number of hydrogen-bond acceptors (Lipinski definition) is 6. The topological polar surface area (TPSA) is 101 Å². The highest BCUT2D eigenvalue weighted by Gasteiger charge is 2.31. The van der Waals surface area contributed by atoms with Crippen LogP contribution >= 0.6 is 11.3 Å². The normalized spacial score (nSPS) is 15.8. The molecule has 0 spiro atoms. The summed E-state index contributed by atoms with van der Waals surface area (Å²) in [6.45, 7) is 2.42. The van der Waals surface area contributed by atoms with Crippen molar-refractivity contribution in [2.75, 3.05) is 26.2 Å². The number of nitrogens with zero attached hydrogens (tertiary/aromatic N) is 3. The van der Waals surface area contributed by atoms with E-state index in [1.54, 1.807) is 17.9 Å². The van der Waals surface area contributed by atoms with Crippen LogP contribution in [0.3, 0.4) is 0 Å². The summed E-state index contributed by atoms with van der Waals surface area (Å²) in [5, 5.41) is 12.9. The van der Waals surface area contributed by atoms with E-state index in [4.69, 9.17) is 0 Å². The van der Waals surface area contributed by atoms with Crippen LogP contribution in [0, 0.1) is 17.0 Å². The van der Waals surface area contributed by atoms with Gasteiger partial charge in [-0.15, -0.1) is 11.3 Å². The Morgan fingerprint density at radius 1 is 1.21 bits per heavy atom. The molecule has 1 aliphatic rings. The lowest BCUT2D eigenvalue weighted by atomic mass is 10.2. The van der Waals surface area contributed by atoms with E-state index in [2.05, 4.69) is 0 Å². The lowest BCUT2D eigenvalue weighted by molar-refractivity contribution is -0.385. The Balaban J connectivity index is 1.69. The molecule has 2 heterocycles. The number of nitro groups is 1. The Bertz CT molecular complexity index is 1010. The number of hydrogen-bond donors (Lipinski definition) is 0. The summed E-state index contributed by atoms with van der Waals surface area (Å²) in [4.78, 5) is 25.1. The van der Waals surface area contributed by atoms with Gasteiger partial charge in [-0.3, -0.25) is 14.9 Å². The average Bonchev–Trinajstić information content (AvgIpc) is 3.20. The molecule has 0 saturated carbocycles. The quantitative estimate of drug-likeness (QED) is 0.419. The molecule has 1 fully saturated rings. The van der Waals surface area contributed by atoms with Crippen molar-refractivity contribution in [3.63, 3.8) is 0 Å². The highest BCUT2D eigenvalue weighted by Crippen LogP contribution is 2.25. The SMILES string of the molecule is Cc1ccc([N+](=O)[O-])cc1S(=O)(=O)N1CCN(C(=O)/C=C/c2cccs2)CC1. The van der Waals surface area contributed by atoms with Crippen LogP contribution in [0.25, 0.3) is 6.08 Å². The standard InChI is InChI=1S/C18H19N3O5S2/c1-14-4-5-15(21(23)24)13-17(14)28(25,26)20-10-8-19(9-11-20)18(22)7-6-16-3-2-12-27-16/h2-7,12-13H,8-11H2,1H3/b7-6+. The zero-order valence-corrected chi connectivity index (χ0v) is 16.8. The molecule has 1 aromatic heterocycles. The number of nitro benzene ring substituents is 1. The maximum Gasteiger partial charge on any atom is 0.270 e. The van der Waals surface area contributed by atoms with Crippen molar-refractivity contribution in [1.82, 2.24) is 9.21 Å². The highest BCUT2D eigenvalue weighted by molar-refractivity contribution is 7.89. The Hall–Kier alpha value is -2.56. The van der Waals surface area contributed by atoms with Crippen molar-refractivity contribution in [1.29, 1.82) is 0 Å². The maximum absolute atomic E-state index is 12.9. The van der Waals surface area contributed by atoms with Crippen LogP contribution in [-0.4, -0.2) is 54.6 Å². The molecule has 0 unspecified atom stereocenters. The molecular formula is C18H19N3O5S2. The van der Waals surface area contributed by atoms with Gasteiger partial charge < -0.3 is 4.90 Å². The van der Waals surface area contributed by atoms with Gasteiger partial charge in [-0.05, 0) is 30.0 Å². The summed E-state index contributed by atoms with van der Waals surface area (Å²) in [6.07, 6.45) is 3.23. The lowest BCUT2D eigenvalue weighted by Crippen LogP contribution is -2.50. The van der Waals surface area contributed by atoms with Crippen LogP contribution in [0.15, 0.2) is 46.7 Å². The van der Waals surface area contributed by atoms with Gasteiger partial charge in [-0.1, -0.05) is 12.1 Å². The highest BCUT2D eigenvalue weighted by atomic mass is 32.2. The minimum absolute atomic E-state index is 0.0703. The molecule has 0 bridgehead atoms. The second kappa shape index (κ2) is 8.21. The van der Waals surface area contributed by atoms with Gasteiger partial charge >= 0.3 is 0 Å². The lowest BCUT2D eigenvalue weighted by Gasteiger charge is -2.33. The molecule has 1 aliphatic heterocycles. The zero-order chi connectivity index (χ0) is 20.3. The molecule has 10 heteroatoms. The molecule has 2 aromatic rings. The van der Waals surface area contributed by atoms with E-state index >= 15 is 0 Å². The molecule has 148 valence electrons. The summed E-state index contributed by atoms with van der Waals surface area (Å²) in [7, 11) is -3.87. The average molecular weight is 422 g/mol. The summed E-state index contributed by atoms with van der Waals surface area (Å²) in [6, 6.07) is 7.60. The first-order chi connectivity index (χ1) is 13.3. The number of carbonyl (C=O) groups is 1. The van der Waals surface area contributed by atoms with E-state index in [0.717, 1.165) is 10.9 Å². The van der Waals surface area contributed by atoms with E-state index in [1.807, 2.05) is 17.5 Å². The Labute approximate surface area is 166 Å². The number of piperazine rings is 1. The molecule has 0 N–H and O–H groups in total. The molecular weight excluding hydrogens is 402 g/mol. The molecule has 0 atom stereocenters. The number of benzene rings is 1. The predicted octanol–water partition coefficient (Wildman–Crippen LogP) is 2.51. The van der Waals surface area contributed by atoms with Gasteiger partial charge in [0.25, 0.3) is 5.69 Å². The van der Waals surface area contributed by atoms with E-state index in [-0.39, 0.29) is 42.7 Å². The summed E-state index contributed by atoms with van der Waals surface area (Å²) >= 11 is 1.52. The van der Waals surface area contributed by atoms with Gasteiger partial charge in [0.2, 0.25) is 15.9 Å². The molecule has 1 saturated heterocycles. The largest absolute Gasteiger partial charge is 0.337 e. The number of thiophene rings is 1. The first-order valence-corrected chi connectivity index (χ1v) is 10.9. The second-order valence-electron chi connectivity index (χ2n) is 6.29. The maximum atomic E-state index is 12.9. The minimum atomic E-state index is -3.87. The van der Waals surface area contributed by atoms with Crippen LogP contribution in [0.4, 0.5) is 5.69 Å². The number of rotatable bonds is 5. The van der Waals surface area contributed by atoms with Crippen LogP contribution in [0.1, 0.15) is 10.4 Å². The summed E-state index contributed by atoms with van der Waals surface area (Å²) in [5.41, 5.74) is 0.180. The molecule has 1 amide bonds. The molecule has 1 aromatic carbocycles. The molecule has 3 rings (SSSR count). The van der Waals surface area contributed by atoms with Crippen molar-refractivity contribution >= 4 is 39.0 Å². The Morgan fingerprint density at radius 2 is 1.93 bits per heavy atom. The van der Waals surface area contributed by atoms with Crippen molar-refractivity contribution in [2.45, 2.75) is 11.8 Å². The number of non-ortho nitro benzene ring substituents is 1. The van der Waals surface area contributed by atoms with E-state index < -0.39 is 14.9 Å². The number of aryl methyl sites for hydroxylation is 1. The third-order valence-electron chi connectivity index (χ3n) is 4.48. The molecule has 28 heavy (non-hydrogen) atoms. The van der Waals surface area contributed by atoms with E-state index in [1.165, 1.54) is 33.9 Å². The molecule has 8 nitrogen and oxygen atoms in total. The van der Waals surface area contributed by atoms with Crippen molar-refractivity contribution in [2.24, 2.45) is 0 Å². The third-order valence-corrected chi connectivity index (χ3v) is 7.36. The smallest absolute Gasteiger partial charge is 0.270 e. The van der Waals surface area contributed by atoms with E-state index in [9.17, 15) is 23.3 Å². The first-order valence-electron chi connectivity index (χ1n) is 8.55. The van der Waals surface area contributed by atoms with Gasteiger partial charge in [0.1, 0.15) is 0 Å². The Morgan fingerprint density at radius 3 is 2.54 bits per heavy atom. The van der Waals surface area contributed by atoms with Crippen LogP contribution in [0.5, 0.6) is 0 Å². The van der Waals surface area contributed by atoms with Gasteiger partial charge in [-0.2, -0.15) is 4.31 Å². The summed E-state index contributed by atoms with van der Waals surface area (Å²) in [5.74, 6) is -0.169. The van der Waals surface area contributed by atoms with Crippen LogP contribution in [-0.2, 0) is 14.8 Å². The van der Waals surface area contributed by atoms with Crippen molar-refractivity contribution < 1.29 is 18.1 Å². The second-order valence-corrected chi connectivity index (χ2v) is 9.17. The number of carbonyl (C=O) groups excluding carboxylic acids is 1. The third kappa shape index (κ3) is 4.29. The molecule has 0 radical (unpaired) electrons. The predicted molar refractivity (Wildman–Crippen MR) is 107 cm³/mol. The van der Waals surface area contributed by atoms with Gasteiger partial charge in [-0.25, -0.2) is 8.42 Å². The van der Waals surface area contributed by atoms with E-state index in [0.29, 0.717) is 5.56 Å².